The lowest BCUT2D eigenvalue weighted by Crippen LogP contribution is -2.10. The molecule has 2 heterocycles. The van der Waals surface area contributed by atoms with Crippen LogP contribution in [0, 0.1) is 12.3 Å². The maximum atomic E-state index is 5.83. The Hall–Kier alpha value is -2.13. The van der Waals surface area contributed by atoms with Crippen LogP contribution in [-0.4, -0.2) is 31.3 Å². The maximum Gasteiger partial charge on any atom is 0.256 e. The van der Waals surface area contributed by atoms with Crippen LogP contribution in [0.4, 0.5) is 5.95 Å². The molecule has 0 aliphatic rings. The van der Waals surface area contributed by atoms with Gasteiger partial charge in [0.05, 0.1) is 0 Å². The number of aromatic nitrogens is 5. The molecule has 0 unspecified atom stereocenters. The molecule has 0 aliphatic carbocycles. The summed E-state index contributed by atoms with van der Waals surface area (Å²) in [5, 5.41) is 7.19. The number of halogens is 1. The molecule has 6 nitrogen and oxygen atoms in total. The van der Waals surface area contributed by atoms with E-state index in [2.05, 4.69) is 31.3 Å². The van der Waals surface area contributed by atoms with Crippen LogP contribution in [0.2, 0.25) is 5.28 Å². The van der Waals surface area contributed by atoms with Crippen molar-refractivity contribution >= 4 is 17.5 Å². The predicted molar refractivity (Wildman–Crippen MR) is 68.5 cm³/mol. The van der Waals surface area contributed by atoms with Crippen LogP contribution < -0.4 is 5.32 Å². The number of hydrogen-bond donors (Lipinski definition) is 1. The first-order chi connectivity index (χ1) is 8.79. The minimum absolute atomic E-state index is 0.120. The van der Waals surface area contributed by atoms with Gasteiger partial charge >= 0.3 is 0 Å². The molecule has 0 aromatic carbocycles. The van der Waals surface area contributed by atoms with E-state index in [-0.39, 0.29) is 5.28 Å². The molecule has 1 N–H and O–H groups in total. The van der Waals surface area contributed by atoms with Crippen LogP contribution in [0.1, 0.15) is 12.8 Å². The number of hydrogen-bond acceptors (Lipinski definition) is 5. The third-order valence-corrected chi connectivity index (χ3v) is 2.26. The molecule has 2 aromatic rings. The van der Waals surface area contributed by atoms with Crippen molar-refractivity contribution < 1.29 is 0 Å². The Balaban J connectivity index is 2.10. The van der Waals surface area contributed by atoms with Crippen molar-refractivity contribution in [1.82, 2.24) is 24.7 Å². The number of terminal acetylenes is 1. The van der Waals surface area contributed by atoms with Crippen molar-refractivity contribution in [2.75, 3.05) is 11.9 Å². The Morgan fingerprint density at radius 2 is 2.28 bits per heavy atom. The predicted octanol–water partition coefficient (Wildman–Crippen LogP) is 1.54. The highest BCUT2D eigenvalue weighted by Gasteiger charge is 2.06. The second-order valence-corrected chi connectivity index (χ2v) is 3.75. The summed E-state index contributed by atoms with van der Waals surface area (Å²) in [6.07, 6.45) is 10.1. The Kier molecular flexibility index (Phi) is 4.10. The van der Waals surface area contributed by atoms with Crippen LogP contribution >= 0.6 is 11.6 Å². The first kappa shape index (κ1) is 12.3. The molecular weight excluding hydrogens is 252 g/mol. The largest absolute Gasteiger partial charge is 0.354 e. The summed E-state index contributed by atoms with van der Waals surface area (Å²) < 4.78 is 1.51. The van der Waals surface area contributed by atoms with Crippen molar-refractivity contribution in [3.8, 4) is 18.3 Å². The molecule has 0 radical (unpaired) electrons. The fourth-order valence-corrected chi connectivity index (χ4v) is 1.45. The molecule has 0 saturated heterocycles. The molecule has 7 heteroatoms. The fraction of sp³-hybridized carbons (Fsp3) is 0.273. The zero-order valence-corrected chi connectivity index (χ0v) is 10.3. The van der Waals surface area contributed by atoms with E-state index >= 15 is 0 Å². The molecule has 0 spiro atoms. The number of nitrogens with one attached hydrogen (secondary N) is 1. The van der Waals surface area contributed by atoms with Crippen LogP contribution in [0.3, 0.4) is 0 Å². The average Bonchev–Trinajstić information content (AvgIpc) is 2.88. The third kappa shape index (κ3) is 3.18. The zero-order valence-electron chi connectivity index (χ0n) is 9.54. The molecule has 0 atom stereocenters. The molecular formula is C11H11ClN6. The van der Waals surface area contributed by atoms with Gasteiger partial charge in [-0.1, -0.05) is 0 Å². The molecule has 2 rings (SSSR count). The van der Waals surface area contributed by atoms with E-state index in [0.717, 1.165) is 6.42 Å². The SMILES string of the molecule is C#CCCCNc1nc(Cl)nc(-n2cccn2)n1. The standard InChI is InChI=1S/C11H11ClN6/c1-2-3-4-6-13-10-15-9(12)16-11(17-10)18-8-5-7-14-18/h1,5,7-8H,3-4,6H2,(H,13,15,16,17). The van der Waals surface area contributed by atoms with Crippen molar-refractivity contribution in [2.24, 2.45) is 0 Å². The molecule has 92 valence electrons. The molecule has 0 fully saturated rings. The maximum absolute atomic E-state index is 5.83. The quantitative estimate of drug-likeness (QED) is 0.654. The fourth-order valence-electron chi connectivity index (χ4n) is 1.30. The molecule has 2 aromatic heterocycles. The summed E-state index contributed by atoms with van der Waals surface area (Å²) in [4.78, 5) is 12.2. The second kappa shape index (κ2) is 5.98. The smallest absolute Gasteiger partial charge is 0.256 e. The van der Waals surface area contributed by atoms with E-state index in [9.17, 15) is 0 Å². The lowest BCUT2D eigenvalue weighted by molar-refractivity contribution is 0.791. The minimum atomic E-state index is 0.120. The summed E-state index contributed by atoms with van der Waals surface area (Å²) in [5.41, 5.74) is 0. The summed E-state index contributed by atoms with van der Waals surface area (Å²) >= 11 is 5.83. The topological polar surface area (TPSA) is 68.5 Å². The Bertz CT molecular complexity index is 545. The third-order valence-electron chi connectivity index (χ3n) is 2.09. The zero-order chi connectivity index (χ0) is 12.8. The van der Waals surface area contributed by atoms with Gasteiger partial charge in [0.15, 0.2) is 0 Å². The van der Waals surface area contributed by atoms with Crippen molar-refractivity contribution in [2.45, 2.75) is 12.8 Å². The van der Waals surface area contributed by atoms with Crippen LogP contribution in [0.15, 0.2) is 18.5 Å². The summed E-state index contributed by atoms with van der Waals surface area (Å²) in [5.74, 6) is 3.35. The minimum Gasteiger partial charge on any atom is -0.354 e. The van der Waals surface area contributed by atoms with Gasteiger partial charge < -0.3 is 5.32 Å². The van der Waals surface area contributed by atoms with E-state index in [4.69, 9.17) is 18.0 Å². The Morgan fingerprint density at radius 3 is 3.00 bits per heavy atom. The van der Waals surface area contributed by atoms with Gasteiger partial charge in [-0.05, 0) is 24.1 Å². The van der Waals surface area contributed by atoms with Gasteiger partial charge in [-0.2, -0.15) is 20.1 Å². The van der Waals surface area contributed by atoms with E-state index in [1.54, 1.807) is 18.5 Å². The summed E-state index contributed by atoms with van der Waals surface area (Å²) in [7, 11) is 0. The van der Waals surface area contributed by atoms with Gasteiger partial charge in [0.25, 0.3) is 5.95 Å². The first-order valence-electron chi connectivity index (χ1n) is 5.38. The highest BCUT2D eigenvalue weighted by Crippen LogP contribution is 2.08. The highest BCUT2D eigenvalue weighted by molar-refractivity contribution is 6.28. The van der Waals surface area contributed by atoms with Gasteiger partial charge in [0.1, 0.15) is 0 Å². The van der Waals surface area contributed by atoms with Crippen LogP contribution in [0.5, 0.6) is 0 Å². The molecule has 18 heavy (non-hydrogen) atoms. The van der Waals surface area contributed by atoms with Crippen molar-refractivity contribution in [3.05, 3.63) is 23.7 Å². The normalized spacial score (nSPS) is 10.0. The lowest BCUT2D eigenvalue weighted by Gasteiger charge is -2.05. The van der Waals surface area contributed by atoms with Gasteiger partial charge in [0.2, 0.25) is 11.2 Å². The molecule has 0 bridgehead atoms. The average molecular weight is 263 g/mol. The van der Waals surface area contributed by atoms with Crippen molar-refractivity contribution in [3.63, 3.8) is 0 Å². The first-order valence-corrected chi connectivity index (χ1v) is 5.76. The van der Waals surface area contributed by atoms with Gasteiger partial charge in [-0.15, -0.1) is 12.3 Å². The van der Waals surface area contributed by atoms with E-state index < -0.39 is 0 Å². The van der Waals surface area contributed by atoms with Crippen LogP contribution in [0.25, 0.3) is 5.95 Å². The number of unbranched alkanes of at least 4 members (excludes halogenated alkanes) is 1. The summed E-state index contributed by atoms with van der Waals surface area (Å²) in [6, 6.07) is 1.78. The molecule has 0 saturated carbocycles. The van der Waals surface area contributed by atoms with Crippen LogP contribution in [-0.2, 0) is 0 Å². The number of anilines is 1. The van der Waals surface area contributed by atoms with Gasteiger partial charge in [0, 0.05) is 25.4 Å². The summed E-state index contributed by atoms with van der Waals surface area (Å²) in [6.45, 7) is 0.684. The van der Waals surface area contributed by atoms with Gasteiger partial charge in [-0.3, -0.25) is 0 Å². The highest BCUT2D eigenvalue weighted by atomic mass is 35.5. The Labute approximate surface area is 109 Å². The lowest BCUT2D eigenvalue weighted by atomic mass is 10.3. The van der Waals surface area contributed by atoms with Crippen molar-refractivity contribution in [1.29, 1.82) is 0 Å². The molecule has 0 amide bonds. The molecule has 0 aliphatic heterocycles. The second-order valence-electron chi connectivity index (χ2n) is 3.41. The Morgan fingerprint density at radius 1 is 1.39 bits per heavy atom. The monoisotopic (exact) mass is 262 g/mol. The number of rotatable bonds is 5. The van der Waals surface area contributed by atoms with E-state index in [0.29, 0.717) is 24.9 Å². The van der Waals surface area contributed by atoms with Gasteiger partial charge in [-0.25, -0.2) is 4.68 Å². The van der Waals surface area contributed by atoms with E-state index in [1.807, 2.05) is 0 Å². The number of nitrogens with zero attached hydrogens (tertiary/aromatic N) is 5. The van der Waals surface area contributed by atoms with E-state index in [1.165, 1.54) is 4.68 Å².